The molecule has 0 fully saturated rings. The van der Waals surface area contributed by atoms with Crippen molar-refractivity contribution in [3.8, 4) is 17.2 Å². The Labute approximate surface area is 123 Å². The van der Waals surface area contributed by atoms with Crippen LogP contribution in [0.25, 0.3) is 0 Å². The van der Waals surface area contributed by atoms with Crippen LogP contribution >= 0.6 is 0 Å². The minimum atomic E-state index is -2.17. The molecular formula is C13H21BO7. The van der Waals surface area contributed by atoms with E-state index in [1.807, 2.05) is 13.8 Å². The second-order valence-electron chi connectivity index (χ2n) is 5.53. The number of benzene rings is 1. The number of hydrogen-bond acceptors (Lipinski definition) is 7. The summed E-state index contributed by atoms with van der Waals surface area (Å²) in [6.07, 6.45) is 0. The summed E-state index contributed by atoms with van der Waals surface area (Å²) in [7, 11) is -2.17. The molecule has 1 aliphatic rings. The lowest BCUT2D eigenvalue weighted by Crippen LogP contribution is -2.49. The van der Waals surface area contributed by atoms with Crippen LogP contribution in [0.5, 0.6) is 17.2 Å². The summed E-state index contributed by atoms with van der Waals surface area (Å²) >= 11 is 0. The van der Waals surface area contributed by atoms with E-state index in [0.717, 1.165) is 5.75 Å². The van der Waals surface area contributed by atoms with Crippen LogP contribution in [0, 0.1) is 0 Å². The molecule has 0 radical (unpaired) electrons. The van der Waals surface area contributed by atoms with Crippen molar-refractivity contribution in [1.82, 2.24) is 0 Å². The molecule has 0 aromatic heterocycles. The molecule has 8 heteroatoms. The molecule has 0 amide bonds. The zero-order valence-electron chi connectivity index (χ0n) is 12.5. The van der Waals surface area contributed by atoms with E-state index in [-0.39, 0.29) is 6.79 Å². The highest BCUT2D eigenvalue weighted by atomic mass is 16.7. The van der Waals surface area contributed by atoms with E-state index in [4.69, 9.17) is 29.3 Å². The smallest absolute Gasteiger partial charge is 0.485 e. The van der Waals surface area contributed by atoms with Crippen LogP contribution in [0.15, 0.2) is 18.2 Å². The van der Waals surface area contributed by atoms with Gasteiger partial charge in [0.2, 0.25) is 6.79 Å². The molecule has 0 spiro atoms. The first-order valence-electron chi connectivity index (χ1n) is 6.38. The first-order valence-corrected chi connectivity index (χ1v) is 6.38. The Balaban J connectivity index is 0.000000491. The Bertz CT molecular complexity index is 465. The highest BCUT2D eigenvalue weighted by Crippen LogP contribution is 2.37. The van der Waals surface area contributed by atoms with Crippen LogP contribution in [-0.4, -0.2) is 45.5 Å². The van der Waals surface area contributed by atoms with Gasteiger partial charge in [0, 0.05) is 6.07 Å². The fourth-order valence-electron chi connectivity index (χ4n) is 1.36. The van der Waals surface area contributed by atoms with Crippen molar-refractivity contribution in [2.24, 2.45) is 0 Å². The van der Waals surface area contributed by atoms with Crippen molar-refractivity contribution in [1.29, 1.82) is 0 Å². The molecule has 1 aromatic rings. The number of rotatable bonds is 3. The maximum absolute atomic E-state index is 10.0. The van der Waals surface area contributed by atoms with E-state index in [9.17, 15) is 5.11 Å². The molecule has 1 aliphatic heterocycles. The molecule has 0 saturated carbocycles. The summed E-state index contributed by atoms with van der Waals surface area (Å²) < 4.78 is 16.3. The summed E-state index contributed by atoms with van der Waals surface area (Å²) in [6, 6.07) is 5.38. The molecule has 118 valence electrons. The van der Waals surface area contributed by atoms with Crippen molar-refractivity contribution in [2.75, 3.05) is 6.79 Å². The topological polar surface area (TPSA) is 109 Å². The van der Waals surface area contributed by atoms with Gasteiger partial charge in [0.1, 0.15) is 11.4 Å². The summed E-state index contributed by atoms with van der Waals surface area (Å²) in [5.74, 6) is 2.05. The van der Waals surface area contributed by atoms with E-state index in [1.165, 1.54) is 0 Å². The number of aliphatic hydroxyl groups is 1. The van der Waals surface area contributed by atoms with Crippen molar-refractivity contribution in [3.63, 3.8) is 0 Å². The summed E-state index contributed by atoms with van der Waals surface area (Å²) in [6.45, 7) is 7.38. The lowest BCUT2D eigenvalue weighted by Gasteiger charge is -2.37. The molecule has 0 aliphatic carbocycles. The highest BCUT2D eigenvalue weighted by molar-refractivity contribution is 6.30. The molecule has 1 heterocycles. The molecule has 0 bridgehead atoms. The maximum Gasteiger partial charge on any atom is 0.631 e. The molecule has 7 nitrogen and oxygen atoms in total. The van der Waals surface area contributed by atoms with E-state index in [0.29, 0.717) is 11.5 Å². The van der Waals surface area contributed by atoms with Crippen LogP contribution in [0.3, 0.4) is 0 Å². The molecular weight excluding hydrogens is 279 g/mol. The van der Waals surface area contributed by atoms with Crippen molar-refractivity contribution < 1.29 is 34.4 Å². The minimum Gasteiger partial charge on any atom is -0.485 e. The molecule has 0 atom stereocenters. The van der Waals surface area contributed by atoms with Crippen molar-refractivity contribution in [2.45, 2.75) is 38.9 Å². The normalized spacial score (nSPS) is 13.3. The molecule has 1 aromatic carbocycles. The van der Waals surface area contributed by atoms with Gasteiger partial charge >= 0.3 is 7.32 Å². The van der Waals surface area contributed by atoms with Gasteiger partial charge in [0.25, 0.3) is 0 Å². The average Bonchev–Trinajstić information content (AvgIpc) is 2.73. The molecule has 21 heavy (non-hydrogen) atoms. The molecule has 2 rings (SSSR count). The third-order valence-electron chi connectivity index (χ3n) is 3.19. The van der Waals surface area contributed by atoms with Gasteiger partial charge in [-0.15, -0.1) is 0 Å². The Morgan fingerprint density at radius 3 is 2.10 bits per heavy atom. The third kappa shape index (κ3) is 5.09. The van der Waals surface area contributed by atoms with Gasteiger partial charge in [-0.1, -0.05) is 0 Å². The van der Waals surface area contributed by atoms with Gasteiger partial charge in [-0.05, 0) is 39.8 Å². The summed E-state index contributed by atoms with van der Waals surface area (Å²) in [5.41, 5.74) is -1.63. The zero-order valence-corrected chi connectivity index (χ0v) is 12.5. The zero-order chi connectivity index (χ0) is 16.3. The predicted molar refractivity (Wildman–Crippen MR) is 76.0 cm³/mol. The summed E-state index contributed by atoms with van der Waals surface area (Å²) in [5, 5.41) is 31.5. The van der Waals surface area contributed by atoms with E-state index < -0.39 is 18.5 Å². The van der Waals surface area contributed by atoms with E-state index in [1.54, 1.807) is 32.0 Å². The monoisotopic (exact) mass is 300 g/mol. The van der Waals surface area contributed by atoms with Crippen LogP contribution in [0.4, 0.5) is 0 Å². The molecule has 0 unspecified atom stereocenters. The second-order valence-corrected chi connectivity index (χ2v) is 5.53. The Morgan fingerprint density at radius 2 is 1.57 bits per heavy atom. The lowest BCUT2D eigenvalue weighted by atomic mass is 9.89. The van der Waals surface area contributed by atoms with Gasteiger partial charge < -0.3 is 34.4 Å². The van der Waals surface area contributed by atoms with E-state index >= 15 is 0 Å². The number of ether oxygens (including phenoxy) is 3. The average molecular weight is 300 g/mol. The minimum absolute atomic E-state index is 0.244. The van der Waals surface area contributed by atoms with Crippen molar-refractivity contribution >= 4 is 7.32 Å². The fourth-order valence-corrected chi connectivity index (χ4v) is 1.36. The van der Waals surface area contributed by atoms with Crippen LogP contribution in [0.2, 0.25) is 0 Å². The number of fused-ring (bicyclic) bond motifs is 1. The first kappa shape index (κ1) is 17.6. The Kier molecular flexibility index (Phi) is 5.46. The second kappa shape index (κ2) is 6.53. The molecule has 4 N–H and O–H groups in total. The predicted octanol–water partition coefficient (Wildman–Crippen LogP) is 0.292. The standard InChI is InChI=1S/C13H18O4.BH3O3/c1-12(2,14)13(3,4)17-9-5-6-10-11(7-9)16-8-15-10;2-1(3)4/h5-7,14H,8H2,1-4H3;2-4H. The third-order valence-corrected chi connectivity index (χ3v) is 3.19. The largest absolute Gasteiger partial charge is 0.631 e. The fraction of sp³-hybridized carbons (Fsp3) is 0.538. The van der Waals surface area contributed by atoms with Gasteiger partial charge in [0.15, 0.2) is 11.5 Å². The Hall–Kier alpha value is -1.48. The van der Waals surface area contributed by atoms with Crippen LogP contribution in [0.1, 0.15) is 27.7 Å². The van der Waals surface area contributed by atoms with Crippen molar-refractivity contribution in [3.05, 3.63) is 18.2 Å². The van der Waals surface area contributed by atoms with E-state index in [2.05, 4.69) is 0 Å². The van der Waals surface area contributed by atoms with Gasteiger partial charge in [-0.2, -0.15) is 0 Å². The van der Waals surface area contributed by atoms with Crippen LogP contribution in [-0.2, 0) is 0 Å². The summed E-state index contributed by atoms with van der Waals surface area (Å²) in [4.78, 5) is 0. The van der Waals surface area contributed by atoms with Gasteiger partial charge in [-0.3, -0.25) is 0 Å². The van der Waals surface area contributed by atoms with Gasteiger partial charge in [0.05, 0.1) is 5.60 Å². The first-order chi connectivity index (χ1) is 9.53. The SMILES string of the molecule is CC(C)(O)C(C)(C)Oc1ccc2c(c1)OCO2.OB(O)O. The maximum atomic E-state index is 10.0. The lowest BCUT2D eigenvalue weighted by molar-refractivity contribution is -0.0907. The molecule has 0 saturated heterocycles. The van der Waals surface area contributed by atoms with Crippen LogP contribution < -0.4 is 14.2 Å². The highest BCUT2D eigenvalue weighted by Gasteiger charge is 2.37. The quantitative estimate of drug-likeness (QED) is 0.594. The number of hydrogen-bond donors (Lipinski definition) is 4. The van der Waals surface area contributed by atoms with Gasteiger partial charge in [-0.25, -0.2) is 0 Å². The Morgan fingerprint density at radius 1 is 1.05 bits per heavy atom.